The summed E-state index contributed by atoms with van der Waals surface area (Å²) in [6.45, 7) is 2.81. The molecule has 402 valence electrons. The van der Waals surface area contributed by atoms with Gasteiger partial charge in [-0.3, -0.25) is 4.79 Å². The lowest BCUT2D eigenvalue weighted by Crippen LogP contribution is -2.65. The number of nitrogens with one attached hydrogen (secondary N) is 1. The van der Waals surface area contributed by atoms with Crippen LogP contribution < -0.4 is 5.32 Å². The first-order valence-electron chi connectivity index (χ1n) is 27.9. The standard InChI is InChI=1S/C54H103NO13/c1-3-5-7-9-11-13-15-17-18-19-20-21-22-23-24-26-28-30-32-34-36-38-46(59)55-42(43(58)37-35-33-31-29-27-25-16-14-12-10-8-6-4-2)41-65-53-51(64)49(62)52(45(40-57)67-53)68-54-50(63)48(61)47(60)44(39-56)66-54/h35,37,42-45,47-54,56-58,60-64H,3-34,36,38-41H2,1-2H3,(H,55,59)/b37-35+/t42-,43+,44?,45?,47-,48?,49?,50?,51?,52+,53+,54-/m0/s1. The maximum absolute atomic E-state index is 13.2. The van der Waals surface area contributed by atoms with E-state index in [0.717, 1.165) is 38.5 Å². The van der Waals surface area contributed by atoms with Crippen LogP contribution in [0.2, 0.25) is 0 Å². The third-order valence-corrected chi connectivity index (χ3v) is 14.0. The van der Waals surface area contributed by atoms with Gasteiger partial charge in [-0.05, 0) is 19.3 Å². The molecule has 2 aliphatic rings. The van der Waals surface area contributed by atoms with Crippen molar-refractivity contribution in [1.29, 1.82) is 0 Å². The number of aliphatic hydroxyl groups excluding tert-OH is 8. The summed E-state index contributed by atoms with van der Waals surface area (Å²) in [7, 11) is 0. The van der Waals surface area contributed by atoms with Crippen molar-refractivity contribution in [1.82, 2.24) is 5.32 Å². The zero-order valence-corrected chi connectivity index (χ0v) is 42.9. The zero-order valence-electron chi connectivity index (χ0n) is 42.9. The van der Waals surface area contributed by atoms with Crippen molar-refractivity contribution in [3.05, 3.63) is 12.2 Å². The summed E-state index contributed by atoms with van der Waals surface area (Å²) in [5.41, 5.74) is 0. The Morgan fingerprint density at radius 3 is 1.35 bits per heavy atom. The Morgan fingerprint density at radius 1 is 0.515 bits per heavy atom. The molecule has 0 bridgehead atoms. The first-order valence-corrected chi connectivity index (χ1v) is 27.9. The van der Waals surface area contributed by atoms with Crippen LogP contribution in [-0.2, 0) is 23.7 Å². The minimum atomic E-state index is -1.78. The van der Waals surface area contributed by atoms with Crippen LogP contribution in [0.3, 0.4) is 0 Å². The van der Waals surface area contributed by atoms with Crippen LogP contribution >= 0.6 is 0 Å². The lowest BCUT2D eigenvalue weighted by atomic mass is 9.97. The molecule has 6 unspecified atom stereocenters. The van der Waals surface area contributed by atoms with E-state index in [9.17, 15) is 45.6 Å². The van der Waals surface area contributed by atoms with Crippen molar-refractivity contribution in [2.75, 3.05) is 19.8 Å². The lowest BCUT2D eigenvalue weighted by molar-refractivity contribution is -0.359. The molecule has 0 aromatic carbocycles. The van der Waals surface area contributed by atoms with Gasteiger partial charge in [-0.15, -0.1) is 0 Å². The number of hydrogen-bond donors (Lipinski definition) is 9. The Bertz CT molecular complexity index is 1200. The smallest absolute Gasteiger partial charge is 0.220 e. The molecule has 0 saturated carbocycles. The average Bonchev–Trinajstić information content (AvgIpc) is 3.34. The van der Waals surface area contributed by atoms with E-state index < -0.39 is 86.8 Å². The molecule has 0 spiro atoms. The van der Waals surface area contributed by atoms with E-state index >= 15 is 0 Å². The number of hydrogen-bond acceptors (Lipinski definition) is 13. The maximum Gasteiger partial charge on any atom is 0.220 e. The van der Waals surface area contributed by atoms with Crippen molar-refractivity contribution < 1.29 is 64.6 Å². The summed E-state index contributed by atoms with van der Waals surface area (Å²) >= 11 is 0. The predicted octanol–water partition coefficient (Wildman–Crippen LogP) is 8.33. The van der Waals surface area contributed by atoms with Gasteiger partial charge in [-0.25, -0.2) is 0 Å². The highest BCUT2D eigenvalue weighted by molar-refractivity contribution is 5.76. The molecular formula is C54H103NO13. The van der Waals surface area contributed by atoms with E-state index in [1.165, 1.54) is 167 Å². The fourth-order valence-electron chi connectivity index (χ4n) is 9.41. The second kappa shape index (κ2) is 41.2. The number of ether oxygens (including phenoxy) is 4. The van der Waals surface area contributed by atoms with Crippen LogP contribution in [0.25, 0.3) is 0 Å². The number of rotatable bonds is 44. The third-order valence-electron chi connectivity index (χ3n) is 14.0. The Morgan fingerprint density at radius 2 is 0.912 bits per heavy atom. The quantitative estimate of drug-likeness (QED) is 0.0207. The van der Waals surface area contributed by atoms with Gasteiger partial charge < -0.3 is 65.1 Å². The number of allylic oxidation sites excluding steroid dienone is 1. The van der Waals surface area contributed by atoms with Gasteiger partial charge in [-0.1, -0.05) is 219 Å². The van der Waals surface area contributed by atoms with Crippen LogP contribution in [0.5, 0.6) is 0 Å². The van der Waals surface area contributed by atoms with Gasteiger partial charge >= 0.3 is 0 Å². The molecule has 68 heavy (non-hydrogen) atoms. The highest BCUT2D eigenvalue weighted by Gasteiger charge is 2.51. The third kappa shape index (κ3) is 27.5. The Kier molecular flexibility index (Phi) is 38.1. The predicted molar refractivity (Wildman–Crippen MR) is 268 cm³/mol. The Hall–Kier alpha value is -1.27. The van der Waals surface area contributed by atoms with Crippen LogP contribution in [0.15, 0.2) is 12.2 Å². The first-order chi connectivity index (χ1) is 33.1. The SMILES string of the molecule is CCCCCCCCCCCCC/C=C/[C@@H](O)[C@H](CO[C@@H]1OC(CO)[C@@H](O[C@@H]2OC(CO)[C@H](O)C(O)C2O)C(O)C1O)NC(=O)CCCCCCCCCCCCCCCCCCCCCCC. The fourth-order valence-corrected chi connectivity index (χ4v) is 9.41. The van der Waals surface area contributed by atoms with Gasteiger partial charge in [0.25, 0.3) is 0 Å². The number of aliphatic hydroxyl groups is 8. The number of carbonyl (C=O) groups is 1. The van der Waals surface area contributed by atoms with E-state index in [1.807, 2.05) is 6.08 Å². The van der Waals surface area contributed by atoms with Gasteiger partial charge in [0.1, 0.15) is 48.8 Å². The molecule has 1 amide bonds. The zero-order chi connectivity index (χ0) is 49.6. The maximum atomic E-state index is 13.2. The summed E-state index contributed by atoms with van der Waals surface area (Å²) in [6.07, 6.45) is 28.2. The number of amides is 1. The second-order valence-corrected chi connectivity index (χ2v) is 20.1. The van der Waals surface area contributed by atoms with Crippen molar-refractivity contribution in [2.24, 2.45) is 0 Å². The molecule has 14 heteroatoms. The molecule has 0 aromatic heterocycles. The summed E-state index contributed by atoms with van der Waals surface area (Å²) in [6, 6.07) is -0.908. The lowest BCUT2D eigenvalue weighted by Gasteiger charge is -2.46. The average molecular weight is 974 g/mol. The molecule has 0 radical (unpaired) electrons. The van der Waals surface area contributed by atoms with E-state index in [4.69, 9.17) is 18.9 Å². The molecule has 2 saturated heterocycles. The largest absolute Gasteiger partial charge is 0.394 e. The van der Waals surface area contributed by atoms with Gasteiger partial charge in [0.05, 0.1) is 32.0 Å². The van der Waals surface area contributed by atoms with Crippen LogP contribution in [0, 0.1) is 0 Å². The van der Waals surface area contributed by atoms with Crippen LogP contribution in [0.1, 0.15) is 232 Å². The van der Waals surface area contributed by atoms with Crippen molar-refractivity contribution >= 4 is 5.91 Å². The highest BCUT2D eigenvalue weighted by atomic mass is 16.7. The van der Waals surface area contributed by atoms with Crippen LogP contribution in [-0.4, -0.2) is 140 Å². The Labute approximate surface area is 412 Å². The molecule has 2 heterocycles. The summed E-state index contributed by atoms with van der Waals surface area (Å²) in [5.74, 6) is -0.236. The van der Waals surface area contributed by atoms with E-state index in [2.05, 4.69) is 19.2 Å². The van der Waals surface area contributed by atoms with Crippen molar-refractivity contribution in [2.45, 2.75) is 306 Å². The second-order valence-electron chi connectivity index (χ2n) is 20.1. The number of carbonyl (C=O) groups excluding carboxylic acids is 1. The molecule has 2 aliphatic heterocycles. The van der Waals surface area contributed by atoms with Gasteiger partial charge in [0.2, 0.25) is 5.91 Å². The van der Waals surface area contributed by atoms with Gasteiger partial charge in [-0.2, -0.15) is 0 Å². The highest BCUT2D eigenvalue weighted by Crippen LogP contribution is 2.30. The van der Waals surface area contributed by atoms with E-state index in [1.54, 1.807) is 6.08 Å². The summed E-state index contributed by atoms with van der Waals surface area (Å²) in [4.78, 5) is 13.2. The fraction of sp³-hybridized carbons (Fsp3) is 0.944. The number of unbranched alkanes of at least 4 members (excludes halogenated alkanes) is 31. The van der Waals surface area contributed by atoms with Crippen molar-refractivity contribution in [3.8, 4) is 0 Å². The molecule has 14 nitrogen and oxygen atoms in total. The van der Waals surface area contributed by atoms with E-state index in [0.29, 0.717) is 6.42 Å². The molecule has 12 atom stereocenters. The minimum absolute atomic E-state index is 0.236. The van der Waals surface area contributed by atoms with Crippen LogP contribution in [0.4, 0.5) is 0 Å². The first kappa shape index (κ1) is 62.8. The molecule has 0 aliphatic carbocycles. The van der Waals surface area contributed by atoms with E-state index in [-0.39, 0.29) is 18.9 Å². The van der Waals surface area contributed by atoms with Gasteiger partial charge in [0.15, 0.2) is 12.6 Å². The summed E-state index contributed by atoms with van der Waals surface area (Å²) in [5, 5.41) is 86.9. The molecule has 9 N–H and O–H groups in total. The normalized spacial score (nSPS) is 26.4. The topological polar surface area (TPSA) is 228 Å². The Balaban J connectivity index is 1.77. The van der Waals surface area contributed by atoms with Gasteiger partial charge in [0, 0.05) is 6.42 Å². The summed E-state index contributed by atoms with van der Waals surface area (Å²) < 4.78 is 22.7. The van der Waals surface area contributed by atoms with Crippen molar-refractivity contribution in [3.63, 3.8) is 0 Å². The monoisotopic (exact) mass is 974 g/mol. The molecule has 2 fully saturated rings. The molecular weight excluding hydrogens is 871 g/mol. The molecule has 0 aromatic rings. The minimum Gasteiger partial charge on any atom is -0.394 e. The molecule has 2 rings (SSSR count).